The topological polar surface area (TPSA) is 65.1 Å². The number of hydrogen-bond donors (Lipinski definition) is 0. The molecule has 0 atom stereocenters. The minimum absolute atomic E-state index is 0.0436. The van der Waals surface area contributed by atoms with Crippen molar-refractivity contribution < 1.29 is 4.42 Å². The highest BCUT2D eigenvalue weighted by atomic mass is 32.1. The molecule has 5 rings (SSSR count). The summed E-state index contributed by atoms with van der Waals surface area (Å²) >= 11 is 1.47. The molecule has 130 valence electrons. The molecule has 3 aromatic heterocycles. The Morgan fingerprint density at radius 2 is 1.67 bits per heavy atom. The molecule has 6 heteroatoms. The first-order chi connectivity index (χ1) is 13.2. The van der Waals surface area contributed by atoms with Crippen molar-refractivity contribution in [2.75, 3.05) is 0 Å². The van der Waals surface area contributed by atoms with Gasteiger partial charge in [-0.25, -0.2) is 0 Å². The Morgan fingerprint density at radius 3 is 2.44 bits per heavy atom. The van der Waals surface area contributed by atoms with Crippen LogP contribution in [0.25, 0.3) is 38.5 Å². The number of aromatic nitrogens is 2. The molecule has 0 amide bonds. The number of fused-ring (bicyclic) bond motifs is 2. The van der Waals surface area contributed by atoms with Crippen LogP contribution in [0.2, 0.25) is 0 Å². The summed E-state index contributed by atoms with van der Waals surface area (Å²) in [6, 6.07) is 19.8. The first-order valence-corrected chi connectivity index (χ1v) is 9.20. The van der Waals surface area contributed by atoms with Crippen molar-refractivity contribution in [2.45, 2.75) is 0 Å². The molecular formula is C21H12N2O3S. The Bertz CT molecular complexity index is 1400. The molecule has 2 aromatic carbocycles. The second kappa shape index (κ2) is 6.03. The summed E-state index contributed by atoms with van der Waals surface area (Å²) in [4.78, 5) is 31.7. The Morgan fingerprint density at radius 1 is 0.889 bits per heavy atom. The second-order valence-corrected chi connectivity index (χ2v) is 6.94. The molecule has 3 heterocycles. The van der Waals surface area contributed by atoms with E-state index in [1.165, 1.54) is 15.9 Å². The second-order valence-electron chi connectivity index (χ2n) is 6.00. The van der Waals surface area contributed by atoms with Crippen molar-refractivity contribution in [3.8, 4) is 16.4 Å². The van der Waals surface area contributed by atoms with E-state index in [-0.39, 0.29) is 16.5 Å². The van der Waals surface area contributed by atoms with Crippen LogP contribution in [0.15, 0.2) is 86.1 Å². The standard InChI is InChI=1S/C21H12N2O3S/c24-18-14-9-4-5-10-15(14)26-20-17(18)21(25)23(13-7-2-1-3-8-13)19(22-20)16-11-6-12-27-16/h1-12H. The van der Waals surface area contributed by atoms with Gasteiger partial charge in [0.2, 0.25) is 11.1 Å². The molecule has 5 nitrogen and oxygen atoms in total. The first kappa shape index (κ1) is 15.7. The van der Waals surface area contributed by atoms with Gasteiger partial charge in [-0.3, -0.25) is 14.2 Å². The Labute approximate surface area is 156 Å². The van der Waals surface area contributed by atoms with Crippen LogP contribution in [0.4, 0.5) is 0 Å². The van der Waals surface area contributed by atoms with Gasteiger partial charge in [-0.15, -0.1) is 11.3 Å². The maximum atomic E-state index is 13.4. The van der Waals surface area contributed by atoms with E-state index in [0.717, 1.165) is 4.88 Å². The average Bonchev–Trinajstić information content (AvgIpc) is 3.23. The summed E-state index contributed by atoms with van der Waals surface area (Å²) in [6.07, 6.45) is 0. The first-order valence-electron chi connectivity index (χ1n) is 8.32. The molecule has 0 saturated carbocycles. The number of para-hydroxylation sites is 2. The van der Waals surface area contributed by atoms with Crippen molar-refractivity contribution in [3.63, 3.8) is 0 Å². The van der Waals surface area contributed by atoms with E-state index in [1.54, 1.807) is 24.3 Å². The van der Waals surface area contributed by atoms with E-state index < -0.39 is 5.56 Å². The highest BCUT2D eigenvalue weighted by molar-refractivity contribution is 7.13. The van der Waals surface area contributed by atoms with Crippen LogP contribution >= 0.6 is 11.3 Å². The number of hydrogen-bond acceptors (Lipinski definition) is 5. The number of rotatable bonds is 2. The van der Waals surface area contributed by atoms with E-state index in [9.17, 15) is 9.59 Å². The van der Waals surface area contributed by atoms with Gasteiger partial charge in [-0.2, -0.15) is 4.98 Å². The minimum atomic E-state index is -0.436. The molecule has 0 fully saturated rings. The number of thiophene rings is 1. The van der Waals surface area contributed by atoms with Crippen LogP contribution < -0.4 is 11.0 Å². The molecular weight excluding hydrogens is 360 g/mol. The van der Waals surface area contributed by atoms with Gasteiger partial charge < -0.3 is 4.42 Å². The Balaban J connectivity index is 2.00. The van der Waals surface area contributed by atoms with E-state index in [2.05, 4.69) is 4.98 Å². The van der Waals surface area contributed by atoms with Gasteiger partial charge in [0.1, 0.15) is 5.58 Å². The van der Waals surface area contributed by atoms with Crippen molar-refractivity contribution in [1.82, 2.24) is 9.55 Å². The summed E-state index contributed by atoms with van der Waals surface area (Å²) in [5.74, 6) is 0.451. The summed E-state index contributed by atoms with van der Waals surface area (Å²) in [7, 11) is 0. The fourth-order valence-electron chi connectivity index (χ4n) is 3.14. The molecule has 5 aromatic rings. The van der Waals surface area contributed by atoms with Crippen molar-refractivity contribution >= 4 is 33.4 Å². The van der Waals surface area contributed by atoms with Gasteiger partial charge >= 0.3 is 0 Å². The zero-order valence-electron chi connectivity index (χ0n) is 14.0. The fourth-order valence-corrected chi connectivity index (χ4v) is 3.84. The highest BCUT2D eigenvalue weighted by Gasteiger charge is 2.20. The largest absolute Gasteiger partial charge is 0.437 e. The third kappa shape index (κ3) is 2.42. The van der Waals surface area contributed by atoms with Gasteiger partial charge in [0.05, 0.1) is 16.0 Å². The predicted molar refractivity (Wildman–Crippen MR) is 107 cm³/mol. The van der Waals surface area contributed by atoms with Crippen LogP contribution in [-0.4, -0.2) is 9.55 Å². The lowest BCUT2D eigenvalue weighted by Crippen LogP contribution is -2.26. The smallest absolute Gasteiger partial charge is 0.273 e. The van der Waals surface area contributed by atoms with Gasteiger partial charge in [0, 0.05) is 0 Å². The van der Waals surface area contributed by atoms with Crippen LogP contribution in [0.5, 0.6) is 0 Å². The van der Waals surface area contributed by atoms with Crippen LogP contribution in [-0.2, 0) is 0 Å². The zero-order chi connectivity index (χ0) is 18.4. The highest BCUT2D eigenvalue weighted by Crippen LogP contribution is 2.26. The molecule has 0 aliphatic carbocycles. The molecule has 0 unspecified atom stereocenters. The average molecular weight is 372 g/mol. The third-order valence-electron chi connectivity index (χ3n) is 4.37. The minimum Gasteiger partial charge on any atom is -0.437 e. The van der Waals surface area contributed by atoms with E-state index in [0.29, 0.717) is 22.5 Å². The molecule has 27 heavy (non-hydrogen) atoms. The molecule has 0 aliphatic rings. The van der Waals surface area contributed by atoms with Crippen LogP contribution in [0.3, 0.4) is 0 Å². The third-order valence-corrected chi connectivity index (χ3v) is 5.24. The summed E-state index contributed by atoms with van der Waals surface area (Å²) < 4.78 is 7.29. The number of nitrogens with zero attached hydrogens (tertiary/aromatic N) is 2. The normalized spacial score (nSPS) is 11.3. The van der Waals surface area contributed by atoms with Crippen molar-refractivity contribution in [2.24, 2.45) is 0 Å². The monoisotopic (exact) mass is 372 g/mol. The van der Waals surface area contributed by atoms with Gasteiger partial charge in [0.25, 0.3) is 5.56 Å². The molecule has 0 spiro atoms. The van der Waals surface area contributed by atoms with Crippen LogP contribution in [0.1, 0.15) is 0 Å². The van der Waals surface area contributed by atoms with Crippen molar-refractivity contribution in [3.05, 3.63) is 92.7 Å². The summed E-state index contributed by atoms with van der Waals surface area (Å²) in [5, 5.41) is 2.24. The van der Waals surface area contributed by atoms with Gasteiger partial charge in [0.15, 0.2) is 11.2 Å². The lowest BCUT2D eigenvalue weighted by molar-refractivity contribution is 0.641. The van der Waals surface area contributed by atoms with Crippen molar-refractivity contribution in [1.29, 1.82) is 0 Å². The van der Waals surface area contributed by atoms with E-state index in [4.69, 9.17) is 4.42 Å². The maximum absolute atomic E-state index is 13.4. The summed E-state index contributed by atoms with van der Waals surface area (Å²) in [6.45, 7) is 0. The molecule has 0 bridgehead atoms. The number of benzene rings is 2. The lowest BCUT2D eigenvalue weighted by atomic mass is 10.2. The SMILES string of the molecule is O=c1c2ccccc2oc2nc(-c3cccs3)n(-c3ccccc3)c(=O)c12. The zero-order valence-corrected chi connectivity index (χ0v) is 14.8. The lowest BCUT2D eigenvalue weighted by Gasteiger charge is -2.12. The molecule has 0 aliphatic heterocycles. The fraction of sp³-hybridized carbons (Fsp3) is 0. The summed E-state index contributed by atoms with van der Waals surface area (Å²) in [5.41, 5.74) is 0.310. The van der Waals surface area contributed by atoms with Gasteiger partial charge in [-0.05, 0) is 35.7 Å². The quantitative estimate of drug-likeness (QED) is 0.435. The molecule has 0 N–H and O–H groups in total. The Kier molecular flexibility index (Phi) is 3.51. The maximum Gasteiger partial charge on any atom is 0.273 e. The predicted octanol–water partition coefficient (Wildman–Crippen LogP) is 4.22. The van der Waals surface area contributed by atoms with E-state index >= 15 is 0 Å². The Hall–Kier alpha value is -3.51. The van der Waals surface area contributed by atoms with Gasteiger partial charge in [-0.1, -0.05) is 36.4 Å². The van der Waals surface area contributed by atoms with Crippen LogP contribution in [0, 0.1) is 0 Å². The van der Waals surface area contributed by atoms with E-state index in [1.807, 2.05) is 47.8 Å². The molecule has 0 radical (unpaired) electrons. The molecule has 0 saturated heterocycles.